The number of thiophene rings is 1. The van der Waals surface area contributed by atoms with Crippen molar-refractivity contribution in [1.82, 2.24) is 9.80 Å². The molecular weight excluding hydrogens is 444 g/mol. The van der Waals surface area contributed by atoms with Gasteiger partial charge in [0.15, 0.2) is 0 Å². The molecule has 0 saturated carbocycles. The molecule has 1 heterocycles. The summed E-state index contributed by atoms with van der Waals surface area (Å²) < 4.78 is 5.18. The van der Waals surface area contributed by atoms with Crippen LogP contribution in [0.4, 0.5) is 0 Å². The number of methoxy groups -OCH3 is 1. The third kappa shape index (κ3) is 8.12. The van der Waals surface area contributed by atoms with Crippen LogP contribution in [-0.2, 0) is 33.8 Å². The molecule has 0 saturated heterocycles. The van der Waals surface area contributed by atoms with E-state index in [1.807, 2.05) is 65.6 Å². The highest BCUT2D eigenvalue weighted by atomic mass is 32.1. The highest BCUT2D eigenvalue weighted by molar-refractivity contribution is 7.10. The molecular formula is C28H34N2O3S. The van der Waals surface area contributed by atoms with E-state index < -0.39 is 0 Å². The third-order valence-corrected chi connectivity index (χ3v) is 6.81. The fourth-order valence-corrected chi connectivity index (χ4v) is 4.71. The number of rotatable bonds is 13. The molecule has 3 rings (SSSR count). The average Bonchev–Trinajstić information content (AvgIpc) is 3.27. The maximum atomic E-state index is 13.5. The van der Waals surface area contributed by atoms with Crippen molar-refractivity contribution in [3.8, 4) is 0 Å². The second kappa shape index (κ2) is 13.7. The summed E-state index contributed by atoms with van der Waals surface area (Å²) >= 11 is 1.66. The maximum Gasteiger partial charge on any atom is 0.242 e. The van der Waals surface area contributed by atoms with Crippen molar-refractivity contribution < 1.29 is 14.3 Å². The van der Waals surface area contributed by atoms with Gasteiger partial charge in [0, 0.05) is 38.1 Å². The first-order valence-electron chi connectivity index (χ1n) is 11.7. The molecule has 34 heavy (non-hydrogen) atoms. The van der Waals surface area contributed by atoms with Crippen LogP contribution < -0.4 is 0 Å². The summed E-state index contributed by atoms with van der Waals surface area (Å²) in [4.78, 5) is 31.4. The van der Waals surface area contributed by atoms with Crippen molar-refractivity contribution >= 4 is 23.2 Å². The molecule has 5 nitrogen and oxygen atoms in total. The van der Waals surface area contributed by atoms with Crippen molar-refractivity contribution in [3.05, 3.63) is 93.7 Å². The molecule has 0 N–H and O–H groups in total. The lowest BCUT2D eigenvalue weighted by atomic mass is 10.1. The number of carbonyl (C=O) groups excluding carboxylic acids is 2. The number of benzene rings is 2. The normalized spacial score (nSPS) is 10.8. The maximum absolute atomic E-state index is 13.5. The Morgan fingerprint density at radius 2 is 1.53 bits per heavy atom. The molecule has 1 aromatic heterocycles. The number of nitrogens with zero attached hydrogens (tertiary/aromatic N) is 2. The zero-order valence-corrected chi connectivity index (χ0v) is 20.9. The lowest BCUT2D eigenvalue weighted by Crippen LogP contribution is -2.43. The predicted octanol–water partition coefficient (Wildman–Crippen LogP) is 5.08. The quantitative estimate of drug-likeness (QED) is 0.322. The summed E-state index contributed by atoms with van der Waals surface area (Å²) in [6.07, 6.45) is 1.74. The molecule has 6 heteroatoms. The van der Waals surface area contributed by atoms with Crippen molar-refractivity contribution in [2.24, 2.45) is 0 Å². The first kappa shape index (κ1) is 25.7. The van der Waals surface area contributed by atoms with Crippen LogP contribution >= 0.6 is 11.3 Å². The monoisotopic (exact) mass is 478 g/mol. The van der Waals surface area contributed by atoms with E-state index in [1.165, 1.54) is 10.4 Å². The molecule has 2 aromatic carbocycles. The van der Waals surface area contributed by atoms with E-state index in [2.05, 4.69) is 18.4 Å². The van der Waals surface area contributed by atoms with E-state index in [0.717, 1.165) is 11.1 Å². The van der Waals surface area contributed by atoms with E-state index in [1.54, 1.807) is 23.3 Å². The van der Waals surface area contributed by atoms with Gasteiger partial charge < -0.3 is 14.5 Å². The minimum Gasteiger partial charge on any atom is -0.385 e. The van der Waals surface area contributed by atoms with Crippen molar-refractivity contribution in [2.75, 3.05) is 26.8 Å². The zero-order valence-electron chi connectivity index (χ0n) is 20.1. The Balaban J connectivity index is 1.71. The lowest BCUT2D eigenvalue weighted by molar-refractivity contribution is -0.141. The van der Waals surface area contributed by atoms with Gasteiger partial charge in [-0.1, -0.05) is 60.7 Å². The number of amides is 2. The highest BCUT2D eigenvalue weighted by Crippen LogP contribution is 2.20. The third-order valence-electron chi connectivity index (χ3n) is 5.80. The average molecular weight is 479 g/mol. The van der Waals surface area contributed by atoms with E-state index >= 15 is 0 Å². The minimum absolute atomic E-state index is 0.000251. The van der Waals surface area contributed by atoms with Gasteiger partial charge in [-0.05, 0) is 47.9 Å². The summed E-state index contributed by atoms with van der Waals surface area (Å²) in [6, 6.07) is 22.1. The Morgan fingerprint density at radius 1 is 0.853 bits per heavy atom. The van der Waals surface area contributed by atoms with Gasteiger partial charge in [0.05, 0.1) is 13.1 Å². The Kier molecular flexibility index (Phi) is 10.3. The van der Waals surface area contributed by atoms with Crippen LogP contribution in [0.1, 0.15) is 34.4 Å². The van der Waals surface area contributed by atoms with Crippen LogP contribution in [0.5, 0.6) is 0 Å². The Labute approximate surface area is 207 Å². The van der Waals surface area contributed by atoms with Gasteiger partial charge in [0.2, 0.25) is 11.8 Å². The van der Waals surface area contributed by atoms with Crippen LogP contribution in [0.2, 0.25) is 0 Å². The molecule has 0 radical (unpaired) electrons. The molecule has 180 valence electrons. The fourth-order valence-electron chi connectivity index (χ4n) is 3.78. The minimum atomic E-state index is -0.0397. The molecule has 0 fully saturated rings. The van der Waals surface area contributed by atoms with Gasteiger partial charge in [0.25, 0.3) is 0 Å². The van der Waals surface area contributed by atoms with Crippen LogP contribution in [0, 0.1) is 6.92 Å². The fraction of sp³-hybridized carbons (Fsp3) is 0.357. The van der Waals surface area contributed by atoms with Crippen LogP contribution in [0.15, 0.2) is 72.1 Å². The van der Waals surface area contributed by atoms with E-state index in [-0.39, 0.29) is 18.4 Å². The first-order chi connectivity index (χ1) is 16.6. The summed E-state index contributed by atoms with van der Waals surface area (Å²) in [7, 11) is 1.65. The first-order valence-corrected chi connectivity index (χ1v) is 12.6. The van der Waals surface area contributed by atoms with Gasteiger partial charge in [-0.25, -0.2) is 0 Å². The van der Waals surface area contributed by atoms with Crippen LogP contribution in [-0.4, -0.2) is 48.4 Å². The summed E-state index contributed by atoms with van der Waals surface area (Å²) in [5.74, 6) is -0.0394. The number of carbonyl (C=O) groups is 2. The van der Waals surface area contributed by atoms with Gasteiger partial charge in [-0.3, -0.25) is 9.59 Å². The largest absolute Gasteiger partial charge is 0.385 e. The predicted molar refractivity (Wildman–Crippen MR) is 138 cm³/mol. The van der Waals surface area contributed by atoms with Crippen molar-refractivity contribution in [1.29, 1.82) is 0 Å². The van der Waals surface area contributed by atoms with Gasteiger partial charge >= 0.3 is 0 Å². The van der Waals surface area contributed by atoms with Gasteiger partial charge in [-0.2, -0.15) is 0 Å². The molecule has 0 aliphatic carbocycles. The van der Waals surface area contributed by atoms with Gasteiger partial charge in [0.1, 0.15) is 0 Å². The van der Waals surface area contributed by atoms with E-state index in [0.29, 0.717) is 45.5 Å². The second-order valence-corrected chi connectivity index (χ2v) is 9.41. The van der Waals surface area contributed by atoms with Gasteiger partial charge in [-0.15, -0.1) is 11.3 Å². The zero-order chi connectivity index (χ0) is 24.2. The molecule has 0 bridgehead atoms. The molecule has 0 aliphatic rings. The standard InChI is InChI=1S/C28H34N2O3S/c1-23-16-19-34-26(23)21-30(20-25-12-7-4-8-13-25)28(32)22-29(17-9-18-33-2)27(31)15-14-24-10-5-3-6-11-24/h3-8,10-13,16,19H,9,14-15,17-18,20-22H2,1-2H3. The molecule has 0 atom stereocenters. The lowest BCUT2D eigenvalue weighted by Gasteiger charge is -2.28. The second-order valence-electron chi connectivity index (χ2n) is 8.41. The summed E-state index contributed by atoms with van der Waals surface area (Å²) in [6.45, 7) is 4.27. The number of hydrogen-bond donors (Lipinski definition) is 0. The SMILES string of the molecule is COCCCN(CC(=O)N(Cc1ccccc1)Cc1sccc1C)C(=O)CCc1ccccc1. The number of hydrogen-bond acceptors (Lipinski definition) is 4. The molecule has 3 aromatic rings. The molecule has 0 spiro atoms. The Bertz CT molecular complexity index is 1020. The van der Waals surface area contributed by atoms with Crippen LogP contribution in [0.3, 0.4) is 0 Å². The number of aryl methyl sites for hydroxylation is 2. The van der Waals surface area contributed by atoms with E-state index in [9.17, 15) is 9.59 Å². The smallest absolute Gasteiger partial charge is 0.242 e. The van der Waals surface area contributed by atoms with Crippen LogP contribution in [0.25, 0.3) is 0 Å². The highest BCUT2D eigenvalue weighted by Gasteiger charge is 2.22. The Hall–Kier alpha value is -2.96. The Morgan fingerprint density at radius 3 is 2.15 bits per heavy atom. The van der Waals surface area contributed by atoms with Crippen molar-refractivity contribution in [2.45, 2.75) is 39.3 Å². The topological polar surface area (TPSA) is 49.9 Å². The van der Waals surface area contributed by atoms with E-state index in [4.69, 9.17) is 4.74 Å². The van der Waals surface area contributed by atoms with Crippen molar-refractivity contribution in [3.63, 3.8) is 0 Å². The number of ether oxygens (including phenoxy) is 1. The molecule has 0 unspecified atom stereocenters. The summed E-state index contributed by atoms with van der Waals surface area (Å²) in [5.41, 5.74) is 3.39. The molecule has 0 aliphatic heterocycles. The summed E-state index contributed by atoms with van der Waals surface area (Å²) in [5, 5.41) is 2.06. The molecule has 2 amide bonds.